The van der Waals surface area contributed by atoms with Crippen LogP contribution in [0.2, 0.25) is 0 Å². The lowest BCUT2D eigenvalue weighted by atomic mass is 10.2. The topological polar surface area (TPSA) is 92.9 Å². The number of pyridine rings is 1. The zero-order chi connectivity index (χ0) is 13.0. The molecule has 7 heteroatoms. The molecular formula is C11H13N5OS. The molecule has 0 saturated carbocycles. The Hall–Kier alpha value is -1.99. The van der Waals surface area contributed by atoms with E-state index in [1.54, 1.807) is 30.8 Å². The van der Waals surface area contributed by atoms with Crippen molar-refractivity contribution < 1.29 is 4.79 Å². The second kappa shape index (κ2) is 5.56. The Bertz CT molecular complexity index is 540. The summed E-state index contributed by atoms with van der Waals surface area (Å²) < 4.78 is 0. The number of rotatable bonds is 4. The molecule has 0 aliphatic rings. The highest BCUT2D eigenvalue weighted by atomic mass is 32.1. The average Bonchev–Trinajstić information content (AvgIpc) is 2.88. The summed E-state index contributed by atoms with van der Waals surface area (Å²) in [5.41, 5.74) is 5.42. The van der Waals surface area contributed by atoms with Gasteiger partial charge in [0, 0.05) is 22.3 Å². The van der Waals surface area contributed by atoms with E-state index >= 15 is 0 Å². The van der Waals surface area contributed by atoms with Crippen LogP contribution < -0.4 is 16.6 Å². The third-order valence-corrected chi connectivity index (χ3v) is 3.05. The van der Waals surface area contributed by atoms with Crippen LogP contribution in [0, 0.1) is 6.92 Å². The van der Waals surface area contributed by atoms with Gasteiger partial charge in [-0.3, -0.25) is 9.78 Å². The van der Waals surface area contributed by atoms with Crippen molar-refractivity contribution in [3.8, 4) is 0 Å². The summed E-state index contributed by atoms with van der Waals surface area (Å²) in [4.78, 5) is 21.0. The molecule has 1 amide bonds. The molecule has 2 aromatic rings. The molecule has 2 heterocycles. The monoisotopic (exact) mass is 263 g/mol. The first-order valence-corrected chi connectivity index (χ1v) is 6.18. The summed E-state index contributed by atoms with van der Waals surface area (Å²) in [6.45, 7) is 2.27. The first-order valence-electron chi connectivity index (χ1n) is 5.30. The Morgan fingerprint density at radius 3 is 3.00 bits per heavy atom. The summed E-state index contributed by atoms with van der Waals surface area (Å²) in [5, 5.41) is 2.81. The fraction of sp³-hybridized carbons (Fsp3) is 0.182. The van der Waals surface area contributed by atoms with Gasteiger partial charge in [0.2, 0.25) is 0 Å². The number of hydrazine groups is 1. The van der Waals surface area contributed by atoms with Gasteiger partial charge in [0.15, 0.2) is 0 Å². The normalized spacial score (nSPS) is 10.1. The Labute approximate surface area is 108 Å². The van der Waals surface area contributed by atoms with Crippen molar-refractivity contribution >= 4 is 23.1 Å². The van der Waals surface area contributed by atoms with Gasteiger partial charge in [-0.1, -0.05) is 0 Å². The van der Waals surface area contributed by atoms with Gasteiger partial charge in [0.25, 0.3) is 5.91 Å². The summed E-state index contributed by atoms with van der Waals surface area (Å²) in [5.74, 6) is 5.60. The molecule has 6 nitrogen and oxygen atoms in total. The van der Waals surface area contributed by atoms with Crippen LogP contribution in [-0.4, -0.2) is 15.9 Å². The minimum Gasteiger partial charge on any atom is -0.347 e. The van der Waals surface area contributed by atoms with Crippen molar-refractivity contribution in [2.45, 2.75) is 13.5 Å². The van der Waals surface area contributed by atoms with Crippen LogP contribution >= 0.6 is 11.3 Å². The van der Waals surface area contributed by atoms with Gasteiger partial charge in [-0.2, -0.15) is 0 Å². The van der Waals surface area contributed by atoms with E-state index in [0.29, 0.717) is 17.9 Å². The van der Waals surface area contributed by atoms with Gasteiger partial charge in [0.1, 0.15) is 5.82 Å². The summed E-state index contributed by atoms with van der Waals surface area (Å²) in [6.07, 6.45) is 1.73. The molecule has 0 aliphatic carbocycles. The molecule has 2 rings (SSSR count). The maximum Gasteiger partial charge on any atom is 0.251 e. The number of carbonyl (C=O) groups is 1. The third kappa shape index (κ3) is 3.02. The van der Waals surface area contributed by atoms with Gasteiger partial charge < -0.3 is 10.7 Å². The fourth-order valence-corrected chi connectivity index (χ4v) is 2.01. The van der Waals surface area contributed by atoms with Crippen LogP contribution in [0.25, 0.3) is 0 Å². The first kappa shape index (κ1) is 12.5. The number of aromatic nitrogens is 2. The number of nitrogens with one attached hydrogen (secondary N) is 2. The largest absolute Gasteiger partial charge is 0.347 e. The molecule has 0 bridgehead atoms. The maximum atomic E-state index is 11.9. The molecule has 0 saturated heterocycles. The number of nitrogens with zero attached hydrogens (tertiary/aromatic N) is 2. The molecule has 4 N–H and O–H groups in total. The number of aryl methyl sites for hydroxylation is 1. The minimum absolute atomic E-state index is 0.162. The minimum atomic E-state index is -0.162. The van der Waals surface area contributed by atoms with E-state index in [9.17, 15) is 4.79 Å². The molecule has 2 aromatic heterocycles. The van der Waals surface area contributed by atoms with Crippen LogP contribution in [-0.2, 0) is 6.54 Å². The summed E-state index contributed by atoms with van der Waals surface area (Å²) in [7, 11) is 0. The number of nitrogen functional groups attached to an aromatic ring is 1. The third-order valence-electron chi connectivity index (χ3n) is 2.27. The molecule has 18 heavy (non-hydrogen) atoms. The molecule has 0 aliphatic heterocycles. The standard InChI is InChI=1S/C11H13N5OS/c1-7-2-8(3-10(15-7)16-12)11(17)14-5-9-4-13-6-18-9/h2-4,6H,5,12H2,1H3,(H,14,17)(H,15,16). The Kier molecular flexibility index (Phi) is 3.85. The van der Waals surface area contributed by atoms with E-state index < -0.39 is 0 Å². The van der Waals surface area contributed by atoms with Crippen molar-refractivity contribution in [3.63, 3.8) is 0 Å². The van der Waals surface area contributed by atoms with E-state index in [0.717, 1.165) is 10.6 Å². The molecule has 0 spiro atoms. The van der Waals surface area contributed by atoms with Crippen molar-refractivity contribution in [3.05, 3.63) is 40.0 Å². The van der Waals surface area contributed by atoms with Crippen LogP contribution in [0.5, 0.6) is 0 Å². The number of hydrogen-bond donors (Lipinski definition) is 3. The highest BCUT2D eigenvalue weighted by Crippen LogP contribution is 2.10. The number of hydrogen-bond acceptors (Lipinski definition) is 6. The number of nitrogens with two attached hydrogens (primary N) is 1. The molecule has 94 valence electrons. The Balaban J connectivity index is 2.06. The number of anilines is 1. The molecular weight excluding hydrogens is 250 g/mol. The predicted molar refractivity (Wildman–Crippen MR) is 70.1 cm³/mol. The second-order valence-corrected chi connectivity index (χ2v) is 4.65. The SMILES string of the molecule is Cc1cc(C(=O)NCc2cncs2)cc(NN)n1. The van der Waals surface area contributed by atoms with Crippen LogP contribution in [0.15, 0.2) is 23.8 Å². The van der Waals surface area contributed by atoms with Crippen molar-refractivity contribution in [2.24, 2.45) is 5.84 Å². The lowest BCUT2D eigenvalue weighted by molar-refractivity contribution is 0.0951. The van der Waals surface area contributed by atoms with E-state index in [4.69, 9.17) is 5.84 Å². The lowest BCUT2D eigenvalue weighted by Gasteiger charge is -2.06. The highest BCUT2D eigenvalue weighted by Gasteiger charge is 2.08. The number of carbonyl (C=O) groups excluding carboxylic acids is 1. The van der Waals surface area contributed by atoms with Gasteiger partial charge in [-0.05, 0) is 19.1 Å². The molecule has 0 fully saturated rings. The summed E-state index contributed by atoms with van der Waals surface area (Å²) in [6, 6.07) is 3.32. The van der Waals surface area contributed by atoms with E-state index in [1.165, 1.54) is 11.3 Å². The Morgan fingerprint density at radius 2 is 2.33 bits per heavy atom. The first-order chi connectivity index (χ1) is 8.69. The van der Waals surface area contributed by atoms with E-state index in [-0.39, 0.29) is 5.91 Å². The smallest absolute Gasteiger partial charge is 0.251 e. The lowest BCUT2D eigenvalue weighted by Crippen LogP contribution is -2.23. The predicted octanol–water partition coefficient (Wildman–Crippen LogP) is 1.06. The van der Waals surface area contributed by atoms with Crippen molar-refractivity contribution in [1.29, 1.82) is 0 Å². The van der Waals surface area contributed by atoms with Gasteiger partial charge in [-0.25, -0.2) is 10.8 Å². The van der Waals surface area contributed by atoms with Crippen LogP contribution in [0.3, 0.4) is 0 Å². The van der Waals surface area contributed by atoms with E-state index in [1.807, 2.05) is 0 Å². The quantitative estimate of drug-likeness (QED) is 0.566. The Morgan fingerprint density at radius 1 is 1.50 bits per heavy atom. The van der Waals surface area contributed by atoms with Gasteiger partial charge in [-0.15, -0.1) is 11.3 Å². The van der Waals surface area contributed by atoms with Crippen LogP contribution in [0.1, 0.15) is 20.9 Å². The fourth-order valence-electron chi connectivity index (χ4n) is 1.47. The number of amides is 1. The second-order valence-electron chi connectivity index (χ2n) is 3.68. The number of thiazole rings is 1. The van der Waals surface area contributed by atoms with E-state index in [2.05, 4.69) is 20.7 Å². The maximum absolute atomic E-state index is 11.9. The molecule has 0 radical (unpaired) electrons. The zero-order valence-electron chi connectivity index (χ0n) is 9.80. The van der Waals surface area contributed by atoms with Crippen molar-refractivity contribution in [2.75, 3.05) is 5.43 Å². The zero-order valence-corrected chi connectivity index (χ0v) is 10.6. The van der Waals surface area contributed by atoms with Crippen molar-refractivity contribution in [1.82, 2.24) is 15.3 Å². The highest BCUT2D eigenvalue weighted by molar-refractivity contribution is 7.09. The molecule has 0 atom stereocenters. The average molecular weight is 263 g/mol. The molecule has 0 aromatic carbocycles. The summed E-state index contributed by atoms with van der Waals surface area (Å²) >= 11 is 1.50. The van der Waals surface area contributed by atoms with Crippen LogP contribution in [0.4, 0.5) is 5.82 Å². The van der Waals surface area contributed by atoms with Gasteiger partial charge in [0.05, 0.1) is 12.1 Å². The molecule has 0 unspecified atom stereocenters. The van der Waals surface area contributed by atoms with Gasteiger partial charge >= 0.3 is 0 Å².